The highest BCUT2D eigenvalue weighted by Crippen LogP contribution is 2.41. The summed E-state index contributed by atoms with van der Waals surface area (Å²) in [6.45, 7) is 0.391. The Hall–Kier alpha value is -3.15. The molecule has 0 fully saturated rings. The summed E-state index contributed by atoms with van der Waals surface area (Å²) in [5.74, 6) is 0.491. The quantitative estimate of drug-likeness (QED) is 0.680. The molecule has 2 atom stereocenters. The van der Waals surface area contributed by atoms with Crippen LogP contribution >= 0.6 is 0 Å². The minimum Gasteiger partial charge on any atom is -0.487 e. The maximum Gasteiger partial charge on any atom is 0.258 e. The Morgan fingerprint density at radius 1 is 1.07 bits per heavy atom. The lowest BCUT2D eigenvalue weighted by Gasteiger charge is -2.32. The first kappa shape index (κ1) is 20.1. The van der Waals surface area contributed by atoms with E-state index in [4.69, 9.17) is 10.5 Å². The van der Waals surface area contributed by atoms with Gasteiger partial charge in [-0.15, -0.1) is 0 Å². The van der Waals surface area contributed by atoms with Crippen molar-refractivity contribution in [3.8, 4) is 5.75 Å². The smallest absolute Gasteiger partial charge is 0.258 e. The number of nitrogens with zero attached hydrogens (tertiary/aromatic N) is 1. The SMILES string of the molecule is CN(C(=O)c1ccccc1)c1c(OCc2ccccc2)ccc2c1CC[C@H](N)[C@H]2O. The van der Waals surface area contributed by atoms with Crippen LogP contribution in [0.1, 0.15) is 39.6 Å². The summed E-state index contributed by atoms with van der Waals surface area (Å²) < 4.78 is 6.15. The number of ether oxygens (including phenoxy) is 1. The van der Waals surface area contributed by atoms with Gasteiger partial charge >= 0.3 is 0 Å². The Bertz CT molecular complexity index is 1020. The van der Waals surface area contributed by atoms with Crippen molar-refractivity contribution >= 4 is 11.6 Å². The summed E-state index contributed by atoms with van der Waals surface area (Å²) in [6, 6.07) is 22.4. The Morgan fingerprint density at radius 3 is 2.43 bits per heavy atom. The van der Waals surface area contributed by atoms with Gasteiger partial charge in [-0.2, -0.15) is 0 Å². The molecule has 5 heteroatoms. The fraction of sp³-hybridized carbons (Fsp3) is 0.240. The van der Waals surface area contributed by atoms with Crippen molar-refractivity contribution in [2.75, 3.05) is 11.9 Å². The minimum absolute atomic E-state index is 0.127. The summed E-state index contributed by atoms with van der Waals surface area (Å²) in [5.41, 5.74) is 10.1. The van der Waals surface area contributed by atoms with Gasteiger partial charge in [-0.25, -0.2) is 0 Å². The Kier molecular flexibility index (Phi) is 5.84. The van der Waals surface area contributed by atoms with Crippen molar-refractivity contribution in [2.45, 2.75) is 31.6 Å². The number of nitrogens with two attached hydrogens (primary N) is 1. The number of hydrogen-bond acceptors (Lipinski definition) is 4. The second-order valence-electron chi connectivity index (χ2n) is 7.63. The van der Waals surface area contributed by atoms with Crippen LogP contribution in [0.5, 0.6) is 5.75 Å². The van der Waals surface area contributed by atoms with Crippen LogP contribution in [0.3, 0.4) is 0 Å². The number of benzene rings is 3. The molecule has 1 amide bonds. The summed E-state index contributed by atoms with van der Waals surface area (Å²) in [6.07, 6.45) is 0.574. The largest absolute Gasteiger partial charge is 0.487 e. The van der Waals surface area contributed by atoms with Crippen molar-refractivity contribution in [1.29, 1.82) is 0 Å². The van der Waals surface area contributed by atoms with E-state index in [0.717, 1.165) is 16.7 Å². The predicted molar refractivity (Wildman–Crippen MR) is 118 cm³/mol. The highest BCUT2D eigenvalue weighted by atomic mass is 16.5. The van der Waals surface area contributed by atoms with Crippen LogP contribution in [-0.2, 0) is 13.0 Å². The van der Waals surface area contributed by atoms with E-state index in [1.807, 2.05) is 60.7 Å². The number of hydrogen-bond donors (Lipinski definition) is 2. The first-order valence-electron chi connectivity index (χ1n) is 10.2. The van der Waals surface area contributed by atoms with E-state index < -0.39 is 6.10 Å². The highest BCUT2D eigenvalue weighted by molar-refractivity contribution is 6.07. The monoisotopic (exact) mass is 402 g/mol. The van der Waals surface area contributed by atoms with Crippen LogP contribution in [0.2, 0.25) is 0 Å². The van der Waals surface area contributed by atoms with Crippen molar-refractivity contribution in [1.82, 2.24) is 0 Å². The molecule has 1 aliphatic rings. The lowest BCUT2D eigenvalue weighted by atomic mass is 9.84. The van der Waals surface area contributed by atoms with Gasteiger partial charge in [0.2, 0.25) is 0 Å². The number of carbonyl (C=O) groups is 1. The van der Waals surface area contributed by atoms with Crippen molar-refractivity contribution in [3.05, 3.63) is 95.1 Å². The molecule has 3 aromatic carbocycles. The molecule has 4 rings (SSSR count). The van der Waals surface area contributed by atoms with Crippen molar-refractivity contribution in [2.24, 2.45) is 5.73 Å². The third-order valence-corrected chi connectivity index (χ3v) is 5.63. The van der Waals surface area contributed by atoms with Crippen LogP contribution in [0.25, 0.3) is 0 Å². The van der Waals surface area contributed by atoms with Crippen LogP contribution in [0.4, 0.5) is 5.69 Å². The van der Waals surface area contributed by atoms with Crippen molar-refractivity contribution < 1.29 is 14.6 Å². The van der Waals surface area contributed by atoms with E-state index in [-0.39, 0.29) is 11.9 Å². The maximum absolute atomic E-state index is 13.2. The van der Waals surface area contributed by atoms with E-state index in [2.05, 4.69) is 0 Å². The van der Waals surface area contributed by atoms with E-state index in [0.29, 0.717) is 36.4 Å². The number of carbonyl (C=O) groups excluding carboxylic acids is 1. The third-order valence-electron chi connectivity index (χ3n) is 5.63. The third kappa shape index (κ3) is 3.95. The average molecular weight is 402 g/mol. The lowest BCUT2D eigenvalue weighted by molar-refractivity contribution is 0.0991. The average Bonchev–Trinajstić information content (AvgIpc) is 2.80. The molecule has 0 saturated heterocycles. The van der Waals surface area contributed by atoms with Crippen molar-refractivity contribution in [3.63, 3.8) is 0 Å². The van der Waals surface area contributed by atoms with Gasteiger partial charge < -0.3 is 20.5 Å². The fourth-order valence-corrected chi connectivity index (χ4v) is 3.97. The molecule has 0 spiro atoms. The summed E-state index contributed by atoms with van der Waals surface area (Å²) in [5, 5.41) is 10.6. The first-order valence-corrected chi connectivity index (χ1v) is 10.2. The van der Waals surface area contributed by atoms with Crippen LogP contribution in [0.15, 0.2) is 72.8 Å². The van der Waals surface area contributed by atoms with E-state index in [1.165, 1.54) is 0 Å². The van der Waals surface area contributed by atoms with Crippen LogP contribution in [0, 0.1) is 0 Å². The molecule has 0 aromatic heterocycles. The topological polar surface area (TPSA) is 75.8 Å². The highest BCUT2D eigenvalue weighted by Gasteiger charge is 2.31. The molecule has 3 aromatic rings. The molecule has 0 heterocycles. The molecule has 0 aliphatic heterocycles. The number of rotatable bonds is 5. The lowest BCUT2D eigenvalue weighted by Crippen LogP contribution is -2.35. The summed E-state index contributed by atoms with van der Waals surface area (Å²) >= 11 is 0. The normalized spacial score (nSPS) is 17.8. The van der Waals surface area contributed by atoms with Gasteiger partial charge in [-0.3, -0.25) is 4.79 Å². The molecule has 0 radical (unpaired) electrons. The Morgan fingerprint density at radius 2 is 1.73 bits per heavy atom. The van der Waals surface area contributed by atoms with Gasteiger partial charge in [0.05, 0.1) is 11.8 Å². The zero-order chi connectivity index (χ0) is 21.1. The second-order valence-corrected chi connectivity index (χ2v) is 7.63. The van der Waals surface area contributed by atoms with Gasteiger partial charge in [0.1, 0.15) is 12.4 Å². The van der Waals surface area contributed by atoms with Gasteiger partial charge in [0.15, 0.2) is 0 Å². The Balaban J connectivity index is 1.73. The standard InChI is InChI=1S/C25H26N2O3/c1-27(25(29)18-10-6-3-7-11-18)23-19-12-14-21(26)24(28)20(19)13-15-22(23)30-16-17-8-4-2-5-9-17/h2-11,13,15,21,24,28H,12,14,16,26H2,1H3/t21-,24-/m0/s1. The maximum atomic E-state index is 13.2. The van der Waals surface area contributed by atoms with Gasteiger partial charge in [-0.1, -0.05) is 54.6 Å². The van der Waals surface area contributed by atoms with Gasteiger partial charge in [0.25, 0.3) is 5.91 Å². The second kappa shape index (κ2) is 8.69. The molecule has 154 valence electrons. The number of fused-ring (bicyclic) bond motifs is 1. The van der Waals surface area contributed by atoms with E-state index >= 15 is 0 Å². The molecule has 3 N–H and O–H groups in total. The van der Waals surface area contributed by atoms with Crippen LogP contribution in [-0.4, -0.2) is 24.1 Å². The predicted octanol–water partition coefficient (Wildman–Crippen LogP) is 3.85. The molecule has 0 bridgehead atoms. The van der Waals surface area contributed by atoms with Gasteiger partial charge in [0, 0.05) is 18.7 Å². The number of amides is 1. The van der Waals surface area contributed by atoms with E-state index in [9.17, 15) is 9.90 Å². The number of aliphatic hydroxyl groups excluding tert-OH is 1. The summed E-state index contributed by atoms with van der Waals surface area (Å²) in [4.78, 5) is 14.8. The van der Waals surface area contributed by atoms with Crippen LogP contribution < -0.4 is 15.4 Å². The summed E-state index contributed by atoms with van der Waals surface area (Å²) in [7, 11) is 1.75. The number of anilines is 1. The zero-order valence-electron chi connectivity index (χ0n) is 17.0. The molecule has 30 heavy (non-hydrogen) atoms. The minimum atomic E-state index is -0.754. The molecule has 1 aliphatic carbocycles. The first-order chi connectivity index (χ1) is 14.6. The molecule has 0 saturated carbocycles. The molecule has 5 nitrogen and oxygen atoms in total. The molecular formula is C25H26N2O3. The fourth-order valence-electron chi connectivity index (χ4n) is 3.97. The Labute approximate surface area is 176 Å². The number of aliphatic hydroxyl groups is 1. The molecular weight excluding hydrogens is 376 g/mol. The molecule has 0 unspecified atom stereocenters. The van der Waals surface area contributed by atoms with Gasteiger partial charge in [-0.05, 0) is 47.7 Å². The van der Waals surface area contributed by atoms with E-state index in [1.54, 1.807) is 24.1 Å². The zero-order valence-corrected chi connectivity index (χ0v) is 17.0.